The molecule has 1 aliphatic rings. The van der Waals surface area contributed by atoms with Crippen molar-refractivity contribution < 1.29 is 9.50 Å². The lowest BCUT2D eigenvalue weighted by atomic mass is 9.80. The van der Waals surface area contributed by atoms with Crippen LogP contribution in [0, 0.1) is 24.1 Å². The number of likely N-dealkylation sites (N-methyl/N-ethyl adjacent to an activating group) is 1. The first kappa shape index (κ1) is 23.3. The lowest BCUT2D eigenvalue weighted by Crippen LogP contribution is -2.54. The van der Waals surface area contributed by atoms with Crippen LogP contribution in [0.15, 0.2) is 29.5 Å². The van der Waals surface area contributed by atoms with Crippen LogP contribution in [0.25, 0.3) is 22.8 Å². The smallest absolute Gasteiger partial charge is 0.193 e. The molecule has 4 rings (SSSR count). The number of nitrogens with two attached hydrogens (primary N) is 1. The Morgan fingerprint density at radius 3 is 2.71 bits per heavy atom. The average molecular weight is 464 g/mol. The molecule has 3 aromatic rings. The van der Waals surface area contributed by atoms with Crippen LogP contribution in [0.2, 0.25) is 0 Å². The maximum Gasteiger partial charge on any atom is 0.193 e. The second kappa shape index (κ2) is 8.14. The third-order valence-electron chi connectivity index (χ3n) is 6.57. The Balaban J connectivity index is 1.65. The number of hydrazone groups is 1. The standard InChI is InChI=1S/C23H26FN9O/c1-13-14(10-25)7-6-8-16(13)21-27-19(18(24)20(26)28-21)17-12-33(31-29-17)11-15-9-23(4,22(2,3)34)32(5)30-15/h6-8,12,34H,9,11H2,1-5H3,(H2,26,27,28). The van der Waals surface area contributed by atoms with Crippen molar-refractivity contribution in [2.45, 2.75) is 51.8 Å². The Morgan fingerprint density at radius 1 is 1.32 bits per heavy atom. The van der Waals surface area contributed by atoms with E-state index in [9.17, 15) is 14.8 Å². The Kier molecular flexibility index (Phi) is 5.57. The molecule has 1 aromatic carbocycles. The largest absolute Gasteiger partial charge is 0.388 e. The summed E-state index contributed by atoms with van der Waals surface area (Å²) < 4.78 is 16.4. The molecule has 1 aliphatic heterocycles. The first-order valence-corrected chi connectivity index (χ1v) is 10.7. The molecule has 11 heteroatoms. The van der Waals surface area contributed by atoms with E-state index in [1.807, 2.05) is 14.0 Å². The van der Waals surface area contributed by atoms with Gasteiger partial charge in [-0.15, -0.1) is 5.10 Å². The Labute approximate surface area is 196 Å². The van der Waals surface area contributed by atoms with Gasteiger partial charge in [-0.3, -0.25) is 5.01 Å². The number of benzene rings is 1. The zero-order valence-corrected chi connectivity index (χ0v) is 19.7. The number of aromatic nitrogens is 5. The van der Waals surface area contributed by atoms with Crippen LogP contribution in [0.3, 0.4) is 0 Å². The molecule has 34 heavy (non-hydrogen) atoms. The summed E-state index contributed by atoms with van der Waals surface area (Å²) in [4.78, 5) is 8.44. The monoisotopic (exact) mass is 463 g/mol. The summed E-state index contributed by atoms with van der Waals surface area (Å²) in [6.07, 6.45) is 2.10. The van der Waals surface area contributed by atoms with Gasteiger partial charge >= 0.3 is 0 Å². The quantitative estimate of drug-likeness (QED) is 0.588. The summed E-state index contributed by atoms with van der Waals surface area (Å²) in [6, 6.07) is 7.26. The summed E-state index contributed by atoms with van der Waals surface area (Å²) in [5.41, 5.74) is 6.94. The van der Waals surface area contributed by atoms with E-state index in [0.29, 0.717) is 29.7 Å². The number of nitriles is 1. The number of nitrogens with zero attached hydrogens (tertiary/aromatic N) is 8. The van der Waals surface area contributed by atoms with Gasteiger partial charge in [0.25, 0.3) is 0 Å². The predicted molar refractivity (Wildman–Crippen MR) is 125 cm³/mol. The topological polar surface area (TPSA) is 142 Å². The van der Waals surface area contributed by atoms with E-state index in [0.717, 1.165) is 5.71 Å². The fraction of sp³-hybridized carbons (Fsp3) is 0.391. The third kappa shape index (κ3) is 3.86. The maximum atomic E-state index is 14.9. The van der Waals surface area contributed by atoms with Gasteiger partial charge in [0.2, 0.25) is 0 Å². The van der Waals surface area contributed by atoms with Crippen molar-refractivity contribution in [3.05, 3.63) is 41.3 Å². The molecule has 2 aromatic heterocycles. The Hall–Kier alpha value is -3.91. The minimum atomic E-state index is -0.973. The van der Waals surface area contributed by atoms with E-state index >= 15 is 0 Å². The first-order chi connectivity index (χ1) is 15.9. The molecule has 0 amide bonds. The number of aliphatic hydroxyl groups is 1. The van der Waals surface area contributed by atoms with Gasteiger partial charge in [-0.1, -0.05) is 17.3 Å². The molecule has 0 aliphatic carbocycles. The summed E-state index contributed by atoms with van der Waals surface area (Å²) >= 11 is 0. The van der Waals surface area contributed by atoms with Gasteiger partial charge in [0.15, 0.2) is 17.5 Å². The van der Waals surface area contributed by atoms with Crippen molar-refractivity contribution in [1.82, 2.24) is 30.0 Å². The van der Waals surface area contributed by atoms with E-state index in [4.69, 9.17) is 5.73 Å². The maximum absolute atomic E-state index is 14.9. The second-order valence-electron chi connectivity index (χ2n) is 9.19. The van der Waals surface area contributed by atoms with Crippen molar-refractivity contribution in [3.63, 3.8) is 0 Å². The van der Waals surface area contributed by atoms with Gasteiger partial charge in [-0.25, -0.2) is 19.0 Å². The zero-order chi connectivity index (χ0) is 24.8. The number of halogens is 1. The van der Waals surface area contributed by atoms with E-state index in [1.54, 1.807) is 50.2 Å². The number of nitrogen functional groups attached to an aromatic ring is 1. The Bertz CT molecular complexity index is 1340. The molecule has 0 radical (unpaired) electrons. The number of anilines is 1. The molecule has 0 saturated carbocycles. The van der Waals surface area contributed by atoms with Crippen molar-refractivity contribution in [2.75, 3.05) is 12.8 Å². The molecular formula is C23H26FN9O. The van der Waals surface area contributed by atoms with E-state index in [-0.39, 0.29) is 23.0 Å². The molecule has 0 spiro atoms. The summed E-state index contributed by atoms with van der Waals surface area (Å²) in [6.45, 7) is 7.54. The number of rotatable bonds is 5. The lowest BCUT2D eigenvalue weighted by molar-refractivity contribution is -0.0601. The van der Waals surface area contributed by atoms with Crippen LogP contribution < -0.4 is 5.73 Å². The van der Waals surface area contributed by atoms with Crippen LogP contribution in [-0.4, -0.2) is 59.0 Å². The normalized spacial score (nSPS) is 18.2. The molecule has 3 heterocycles. The minimum absolute atomic E-state index is 0.0812. The summed E-state index contributed by atoms with van der Waals surface area (Å²) in [5.74, 6) is -0.919. The molecule has 3 N–H and O–H groups in total. The molecule has 0 fully saturated rings. The molecule has 0 bridgehead atoms. The first-order valence-electron chi connectivity index (χ1n) is 10.7. The minimum Gasteiger partial charge on any atom is -0.388 e. The summed E-state index contributed by atoms with van der Waals surface area (Å²) in [5, 5.41) is 34.4. The molecular weight excluding hydrogens is 437 g/mol. The van der Waals surface area contributed by atoms with E-state index in [2.05, 4.69) is 31.5 Å². The second-order valence-corrected chi connectivity index (χ2v) is 9.19. The average Bonchev–Trinajstić information content (AvgIpc) is 3.34. The van der Waals surface area contributed by atoms with Crippen molar-refractivity contribution in [3.8, 4) is 28.8 Å². The van der Waals surface area contributed by atoms with Crippen LogP contribution in [0.1, 0.15) is 38.3 Å². The fourth-order valence-electron chi connectivity index (χ4n) is 3.99. The molecule has 1 unspecified atom stereocenters. The molecule has 1 atom stereocenters. The number of hydrogen-bond donors (Lipinski definition) is 2. The van der Waals surface area contributed by atoms with Gasteiger partial charge in [0, 0.05) is 19.0 Å². The molecule has 10 nitrogen and oxygen atoms in total. The fourth-order valence-corrected chi connectivity index (χ4v) is 3.99. The van der Waals surface area contributed by atoms with Gasteiger partial charge in [-0.05, 0) is 39.3 Å². The summed E-state index contributed by atoms with van der Waals surface area (Å²) in [7, 11) is 1.82. The van der Waals surface area contributed by atoms with Crippen LogP contribution >= 0.6 is 0 Å². The zero-order valence-electron chi connectivity index (χ0n) is 19.7. The van der Waals surface area contributed by atoms with Gasteiger partial charge in [0.1, 0.15) is 11.4 Å². The van der Waals surface area contributed by atoms with Crippen LogP contribution in [0.4, 0.5) is 10.2 Å². The Morgan fingerprint density at radius 2 is 2.06 bits per heavy atom. The van der Waals surface area contributed by atoms with Crippen LogP contribution in [0.5, 0.6) is 0 Å². The van der Waals surface area contributed by atoms with Gasteiger partial charge in [-0.2, -0.15) is 10.4 Å². The van der Waals surface area contributed by atoms with E-state index in [1.165, 1.54) is 4.68 Å². The predicted octanol–water partition coefficient (Wildman–Crippen LogP) is 2.52. The highest BCUT2D eigenvalue weighted by molar-refractivity contribution is 5.87. The molecule has 0 saturated heterocycles. The van der Waals surface area contributed by atoms with Crippen molar-refractivity contribution in [2.24, 2.45) is 5.10 Å². The van der Waals surface area contributed by atoms with Crippen LogP contribution in [-0.2, 0) is 6.54 Å². The van der Waals surface area contributed by atoms with Gasteiger partial charge in [0.05, 0.1) is 41.2 Å². The highest BCUT2D eigenvalue weighted by Crippen LogP contribution is 2.36. The SMILES string of the molecule is Cc1c(C#N)cccc1-c1nc(N)c(F)c(-c2cn(CC3=NN(C)C(C)(C(C)(C)O)C3)nn2)n1. The highest BCUT2D eigenvalue weighted by Gasteiger charge is 2.47. The van der Waals surface area contributed by atoms with E-state index < -0.39 is 17.0 Å². The lowest BCUT2D eigenvalue weighted by Gasteiger charge is -2.41. The number of hydrogen-bond acceptors (Lipinski definition) is 9. The van der Waals surface area contributed by atoms with Crippen molar-refractivity contribution >= 4 is 11.5 Å². The molecule has 176 valence electrons. The third-order valence-corrected chi connectivity index (χ3v) is 6.57. The highest BCUT2D eigenvalue weighted by atomic mass is 19.1. The van der Waals surface area contributed by atoms with Crippen molar-refractivity contribution in [1.29, 1.82) is 5.26 Å². The van der Waals surface area contributed by atoms with Gasteiger partial charge < -0.3 is 10.8 Å².